The number of carbonyl (C=O) groups excluding carboxylic acids is 1. The van der Waals surface area contributed by atoms with Crippen LogP contribution in [0.2, 0.25) is 0 Å². The van der Waals surface area contributed by atoms with E-state index in [-0.39, 0.29) is 18.2 Å². The molecule has 2 N–H and O–H groups in total. The lowest BCUT2D eigenvalue weighted by atomic mass is 10.2. The molecule has 1 aromatic rings. The van der Waals surface area contributed by atoms with Gasteiger partial charge in [-0.3, -0.25) is 4.79 Å². The van der Waals surface area contributed by atoms with Gasteiger partial charge in [-0.25, -0.2) is 4.39 Å². The molecule has 5 heteroatoms. The molecule has 0 bridgehead atoms. The molecular formula is C11H13FN2O2. The van der Waals surface area contributed by atoms with Gasteiger partial charge >= 0.3 is 0 Å². The van der Waals surface area contributed by atoms with Gasteiger partial charge in [0.15, 0.2) is 5.82 Å². The third kappa shape index (κ3) is 1.86. The van der Waals surface area contributed by atoms with E-state index in [9.17, 15) is 9.18 Å². The summed E-state index contributed by atoms with van der Waals surface area (Å²) in [5.74, 6) is -0.382. The molecule has 1 amide bonds. The molecule has 2 rings (SSSR count). The maximum atomic E-state index is 13.6. The van der Waals surface area contributed by atoms with E-state index >= 15 is 0 Å². The average Bonchev–Trinajstić information content (AvgIpc) is 2.38. The van der Waals surface area contributed by atoms with Crippen molar-refractivity contribution in [1.29, 1.82) is 0 Å². The molecule has 1 unspecified atom stereocenters. The third-order valence-electron chi connectivity index (χ3n) is 2.52. The van der Waals surface area contributed by atoms with E-state index in [1.165, 1.54) is 6.07 Å². The fourth-order valence-electron chi connectivity index (χ4n) is 1.62. The fraction of sp³-hybridized carbons (Fsp3) is 0.364. The molecule has 1 aliphatic heterocycles. The number of hydrogen-bond acceptors (Lipinski definition) is 3. The molecule has 0 saturated carbocycles. The van der Waals surface area contributed by atoms with Crippen molar-refractivity contribution in [3.05, 3.63) is 23.5 Å². The standard InChI is InChI=1S/C11H13FN2O2/c1-6-3-7(12)10-9(4-6)16-5-8(13-2)11(15)14-10/h3-4,8,13H,5H2,1-2H3,(H,14,15). The molecule has 1 aromatic carbocycles. The topological polar surface area (TPSA) is 50.4 Å². The van der Waals surface area contributed by atoms with Crippen LogP contribution < -0.4 is 15.4 Å². The zero-order chi connectivity index (χ0) is 11.7. The minimum absolute atomic E-state index is 0.119. The van der Waals surface area contributed by atoms with Crippen LogP contribution in [0.15, 0.2) is 12.1 Å². The SMILES string of the molecule is CNC1COc2cc(C)cc(F)c2NC1=O. The Morgan fingerprint density at radius 1 is 1.56 bits per heavy atom. The normalized spacial score (nSPS) is 19.4. The van der Waals surface area contributed by atoms with E-state index in [0.29, 0.717) is 5.75 Å². The summed E-state index contributed by atoms with van der Waals surface area (Å²) in [4.78, 5) is 11.6. The minimum Gasteiger partial charge on any atom is -0.489 e. The molecule has 1 aliphatic rings. The lowest BCUT2D eigenvalue weighted by Gasteiger charge is -2.10. The summed E-state index contributed by atoms with van der Waals surface area (Å²) in [5.41, 5.74) is 0.877. The second kappa shape index (κ2) is 4.09. The van der Waals surface area contributed by atoms with Crippen LogP contribution in [0.4, 0.5) is 10.1 Å². The van der Waals surface area contributed by atoms with Crippen LogP contribution in [0.25, 0.3) is 0 Å². The highest BCUT2D eigenvalue weighted by molar-refractivity contribution is 5.97. The number of halogens is 1. The van der Waals surface area contributed by atoms with E-state index in [4.69, 9.17) is 4.74 Å². The minimum atomic E-state index is -0.472. The Balaban J connectivity index is 2.40. The first-order chi connectivity index (χ1) is 7.61. The van der Waals surface area contributed by atoms with Crippen LogP contribution >= 0.6 is 0 Å². The largest absolute Gasteiger partial charge is 0.489 e. The van der Waals surface area contributed by atoms with E-state index in [2.05, 4.69) is 10.6 Å². The number of rotatable bonds is 1. The van der Waals surface area contributed by atoms with Gasteiger partial charge in [0.2, 0.25) is 5.91 Å². The monoisotopic (exact) mass is 224 g/mol. The van der Waals surface area contributed by atoms with Crippen LogP contribution in [0.1, 0.15) is 5.56 Å². The van der Waals surface area contributed by atoms with E-state index < -0.39 is 11.9 Å². The molecular weight excluding hydrogens is 211 g/mol. The van der Waals surface area contributed by atoms with Crippen molar-refractivity contribution >= 4 is 11.6 Å². The molecule has 86 valence electrons. The first-order valence-electron chi connectivity index (χ1n) is 5.03. The first-order valence-corrected chi connectivity index (χ1v) is 5.03. The highest BCUT2D eigenvalue weighted by atomic mass is 19.1. The predicted molar refractivity (Wildman–Crippen MR) is 58.1 cm³/mol. The molecule has 4 nitrogen and oxygen atoms in total. The maximum Gasteiger partial charge on any atom is 0.245 e. The number of likely N-dealkylation sites (N-methyl/N-ethyl adjacent to an activating group) is 1. The van der Waals surface area contributed by atoms with Gasteiger partial charge in [0.1, 0.15) is 24.1 Å². The summed E-state index contributed by atoms with van der Waals surface area (Å²) < 4.78 is 19.0. The van der Waals surface area contributed by atoms with Crippen molar-refractivity contribution in [1.82, 2.24) is 5.32 Å². The van der Waals surface area contributed by atoms with Gasteiger partial charge in [-0.1, -0.05) is 0 Å². The number of carbonyl (C=O) groups is 1. The Kier molecular flexibility index (Phi) is 2.78. The number of benzene rings is 1. The summed E-state index contributed by atoms with van der Waals surface area (Å²) >= 11 is 0. The van der Waals surface area contributed by atoms with Crippen LogP contribution in [0.3, 0.4) is 0 Å². The van der Waals surface area contributed by atoms with Crippen LogP contribution in [0.5, 0.6) is 5.75 Å². The maximum absolute atomic E-state index is 13.6. The molecule has 16 heavy (non-hydrogen) atoms. The van der Waals surface area contributed by atoms with Crippen molar-refractivity contribution in [2.75, 3.05) is 19.0 Å². The lowest BCUT2D eigenvalue weighted by molar-refractivity contribution is -0.118. The summed E-state index contributed by atoms with van der Waals surface area (Å²) in [5, 5.41) is 5.32. The highest BCUT2D eigenvalue weighted by Gasteiger charge is 2.25. The molecule has 0 saturated heterocycles. The lowest BCUT2D eigenvalue weighted by Crippen LogP contribution is -2.41. The third-order valence-corrected chi connectivity index (χ3v) is 2.52. The zero-order valence-corrected chi connectivity index (χ0v) is 9.13. The van der Waals surface area contributed by atoms with Gasteiger partial charge < -0.3 is 15.4 Å². The zero-order valence-electron chi connectivity index (χ0n) is 9.13. The molecule has 0 radical (unpaired) electrons. The second-order valence-corrected chi connectivity index (χ2v) is 3.76. The molecule has 0 fully saturated rings. The van der Waals surface area contributed by atoms with Gasteiger partial charge in [0, 0.05) is 0 Å². The number of ether oxygens (including phenoxy) is 1. The Bertz CT molecular complexity index is 434. The first kappa shape index (κ1) is 10.9. The van der Waals surface area contributed by atoms with E-state index in [0.717, 1.165) is 5.56 Å². The van der Waals surface area contributed by atoms with Gasteiger partial charge in [0.05, 0.1) is 0 Å². The summed E-state index contributed by atoms with van der Waals surface area (Å²) in [7, 11) is 1.66. The van der Waals surface area contributed by atoms with Crippen LogP contribution in [-0.4, -0.2) is 25.6 Å². The van der Waals surface area contributed by atoms with Crippen molar-refractivity contribution in [2.24, 2.45) is 0 Å². The van der Waals surface area contributed by atoms with Crippen LogP contribution in [-0.2, 0) is 4.79 Å². The summed E-state index contributed by atoms with van der Waals surface area (Å²) in [6, 6.07) is 2.60. The van der Waals surface area contributed by atoms with Gasteiger partial charge in [-0.2, -0.15) is 0 Å². The molecule has 1 atom stereocenters. The highest BCUT2D eigenvalue weighted by Crippen LogP contribution is 2.31. The smallest absolute Gasteiger partial charge is 0.245 e. The van der Waals surface area contributed by atoms with Crippen molar-refractivity contribution in [3.8, 4) is 5.75 Å². The van der Waals surface area contributed by atoms with Gasteiger partial charge in [-0.15, -0.1) is 0 Å². The number of nitrogens with one attached hydrogen (secondary N) is 2. The number of amides is 1. The molecule has 0 aliphatic carbocycles. The van der Waals surface area contributed by atoms with Crippen molar-refractivity contribution in [3.63, 3.8) is 0 Å². The number of fused-ring (bicyclic) bond motifs is 1. The molecule has 1 heterocycles. The molecule has 0 spiro atoms. The Labute approximate surface area is 92.8 Å². The van der Waals surface area contributed by atoms with Crippen molar-refractivity contribution in [2.45, 2.75) is 13.0 Å². The fourth-order valence-corrected chi connectivity index (χ4v) is 1.62. The number of hydrogen-bond donors (Lipinski definition) is 2. The Morgan fingerprint density at radius 3 is 3.00 bits per heavy atom. The average molecular weight is 224 g/mol. The van der Waals surface area contributed by atoms with E-state index in [1.54, 1.807) is 20.0 Å². The van der Waals surface area contributed by atoms with Gasteiger partial charge in [-0.05, 0) is 31.7 Å². The van der Waals surface area contributed by atoms with Crippen molar-refractivity contribution < 1.29 is 13.9 Å². The van der Waals surface area contributed by atoms with Gasteiger partial charge in [0.25, 0.3) is 0 Å². The summed E-state index contributed by atoms with van der Waals surface area (Å²) in [6.07, 6.45) is 0. The number of aryl methyl sites for hydroxylation is 1. The van der Waals surface area contributed by atoms with Crippen LogP contribution in [0, 0.1) is 12.7 Å². The second-order valence-electron chi connectivity index (χ2n) is 3.76. The Hall–Kier alpha value is -1.62. The molecule has 0 aromatic heterocycles. The number of anilines is 1. The Morgan fingerprint density at radius 2 is 2.31 bits per heavy atom. The van der Waals surface area contributed by atoms with E-state index in [1.807, 2.05) is 0 Å². The predicted octanol–water partition coefficient (Wildman–Crippen LogP) is 1.05. The quantitative estimate of drug-likeness (QED) is 0.749. The summed E-state index contributed by atoms with van der Waals surface area (Å²) in [6.45, 7) is 1.97.